The monoisotopic (exact) mass is 476 g/mol. The van der Waals surface area contributed by atoms with Gasteiger partial charge in [-0.1, -0.05) is 12.1 Å². The molecule has 0 unspecified atom stereocenters. The minimum Gasteiger partial charge on any atom is -0.489 e. The summed E-state index contributed by atoms with van der Waals surface area (Å²) in [5.74, 6) is 0.543. The number of aliphatic hydroxyl groups is 1. The van der Waals surface area contributed by atoms with Crippen LogP contribution in [0, 0.1) is 6.92 Å². The first kappa shape index (κ1) is 24.8. The zero-order valence-corrected chi connectivity index (χ0v) is 18.5. The molecule has 2 aromatic heterocycles. The second-order valence-electron chi connectivity index (χ2n) is 7.09. The van der Waals surface area contributed by atoms with E-state index in [1.54, 1.807) is 18.3 Å². The number of benzene rings is 1. The van der Waals surface area contributed by atoms with Gasteiger partial charge in [-0.25, -0.2) is 9.97 Å². The number of aryl methyl sites for hydroxylation is 1. The fourth-order valence-corrected chi connectivity index (χ4v) is 3.18. The van der Waals surface area contributed by atoms with E-state index in [9.17, 15) is 18.0 Å². The molecule has 3 aromatic rings. The first-order valence-corrected chi connectivity index (χ1v) is 10.2. The third kappa shape index (κ3) is 6.13. The van der Waals surface area contributed by atoms with Gasteiger partial charge in [-0.15, -0.1) is 0 Å². The number of amides is 1. The van der Waals surface area contributed by atoms with Crippen molar-refractivity contribution in [3.8, 4) is 11.6 Å². The van der Waals surface area contributed by atoms with E-state index in [0.29, 0.717) is 35.8 Å². The highest BCUT2D eigenvalue weighted by Gasteiger charge is 2.29. The molecule has 0 spiro atoms. The summed E-state index contributed by atoms with van der Waals surface area (Å²) >= 11 is 0. The van der Waals surface area contributed by atoms with Gasteiger partial charge in [0.05, 0.1) is 29.7 Å². The number of pyridine rings is 2. The lowest BCUT2D eigenvalue weighted by Gasteiger charge is -2.31. The highest BCUT2D eigenvalue weighted by Crippen LogP contribution is 2.38. The van der Waals surface area contributed by atoms with Gasteiger partial charge in [0.15, 0.2) is 12.4 Å². The van der Waals surface area contributed by atoms with Crippen LogP contribution in [0.4, 0.5) is 30.4 Å². The molecule has 0 atom stereocenters. The van der Waals surface area contributed by atoms with E-state index in [1.165, 1.54) is 18.3 Å². The van der Waals surface area contributed by atoms with Crippen molar-refractivity contribution < 1.29 is 32.5 Å². The number of ether oxygens (including phenoxy) is 2. The van der Waals surface area contributed by atoms with Crippen LogP contribution in [-0.2, 0) is 0 Å². The fourth-order valence-electron chi connectivity index (χ4n) is 3.18. The summed E-state index contributed by atoms with van der Waals surface area (Å²) in [6, 6.07) is 11.8. The number of halogens is 3. The van der Waals surface area contributed by atoms with E-state index in [1.807, 2.05) is 30.0 Å². The number of para-hydroxylation sites is 1. The topological polar surface area (TPSA) is 96.8 Å². The molecule has 2 N–H and O–H groups in total. The number of rotatable bonds is 5. The number of carbonyl (C=O) groups is 1. The van der Waals surface area contributed by atoms with Crippen LogP contribution in [0.25, 0.3) is 0 Å². The zero-order valence-electron chi connectivity index (χ0n) is 18.5. The standard InChI is InChI=1S/C22H19F3N4O3.CH4O/c1-14-5-7-18(26-11-14)29-9-10-31-20-16(3-2-4-17(20)29)21(30)28-15-6-8-19(27-12-15)32-13-22(23,24)25;1-2/h2-8,11-12H,9-10,13H2,1H3,(H,28,30);2H,1H3. The summed E-state index contributed by atoms with van der Waals surface area (Å²) < 4.78 is 47.1. The maximum Gasteiger partial charge on any atom is 0.422 e. The molecule has 8 nitrogen and oxygen atoms in total. The number of carbonyl (C=O) groups excluding carboxylic acids is 1. The van der Waals surface area contributed by atoms with Gasteiger partial charge in [0.25, 0.3) is 5.91 Å². The van der Waals surface area contributed by atoms with Gasteiger partial charge in [-0.2, -0.15) is 13.2 Å². The normalized spacial score (nSPS) is 12.6. The summed E-state index contributed by atoms with van der Waals surface area (Å²) in [6.45, 7) is 1.47. The van der Waals surface area contributed by atoms with Gasteiger partial charge >= 0.3 is 6.18 Å². The van der Waals surface area contributed by atoms with Crippen LogP contribution in [0.3, 0.4) is 0 Å². The van der Waals surface area contributed by atoms with Crippen LogP contribution in [0.5, 0.6) is 11.6 Å². The van der Waals surface area contributed by atoms with Gasteiger partial charge in [0.1, 0.15) is 12.4 Å². The second kappa shape index (κ2) is 10.8. The molecular formula is C23H23F3N4O4. The number of anilines is 3. The van der Waals surface area contributed by atoms with Gasteiger partial charge in [0, 0.05) is 19.4 Å². The predicted molar refractivity (Wildman–Crippen MR) is 120 cm³/mol. The predicted octanol–water partition coefficient (Wildman–Crippen LogP) is 4.12. The third-order valence-electron chi connectivity index (χ3n) is 4.64. The molecule has 1 amide bonds. The number of alkyl halides is 3. The van der Waals surface area contributed by atoms with E-state index in [4.69, 9.17) is 9.84 Å². The van der Waals surface area contributed by atoms with Crippen molar-refractivity contribution in [3.63, 3.8) is 0 Å². The van der Waals surface area contributed by atoms with E-state index in [2.05, 4.69) is 20.0 Å². The molecule has 1 aromatic carbocycles. The molecule has 34 heavy (non-hydrogen) atoms. The lowest BCUT2D eigenvalue weighted by molar-refractivity contribution is -0.154. The Labute approximate surface area is 194 Å². The number of nitrogens with one attached hydrogen (secondary N) is 1. The fraction of sp³-hybridized carbons (Fsp3) is 0.261. The number of hydrogen-bond acceptors (Lipinski definition) is 7. The Balaban J connectivity index is 0.00000158. The number of fused-ring (bicyclic) bond motifs is 1. The Hall–Kier alpha value is -3.86. The Morgan fingerprint density at radius 3 is 2.59 bits per heavy atom. The molecule has 1 aliphatic heterocycles. The lowest BCUT2D eigenvalue weighted by Crippen LogP contribution is -2.30. The number of hydrogen-bond donors (Lipinski definition) is 2. The molecular weight excluding hydrogens is 453 g/mol. The van der Waals surface area contributed by atoms with E-state index in [0.717, 1.165) is 18.5 Å². The average molecular weight is 476 g/mol. The van der Waals surface area contributed by atoms with Gasteiger partial charge in [-0.05, 0) is 36.8 Å². The Morgan fingerprint density at radius 2 is 1.94 bits per heavy atom. The quantitative estimate of drug-likeness (QED) is 0.572. The summed E-state index contributed by atoms with van der Waals surface area (Å²) in [6.07, 6.45) is -1.46. The van der Waals surface area contributed by atoms with Crippen LogP contribution in [-0.4, -0.2) is 54.0 Å². The van der Waals surface area contributed by atoms with Crippen LogP contribution >= 0.6 is 0 Å². The molecule has 0 fully saturated rings. The molecule has 4 rings (SSSR count). The largest absolute Gasteiger partial charge is 0.489 e. The number of nitrogens with zero attached hydrogens (tertiary/aromatic N) is 3. The smallest absolute Gasteiger partial charge is 0.422 e. The van der Waals surface area contributed by atoms with Crippen molar-refractivity contribution in [1.29, 1.82) is 0 Å². The minimum absolute atomic E-state index is 0.193. The minimum atomic E-state index is -4.46. The number of aliphatic hydroxyl groups excluding tert-OH is 1. The summed E-state index contributed by atoms with van der Waals surface area (Å²) in [7, 11) is 1.00. The molecule has 0 saturated carbocycles. The van der Waals surface area contributed by atoms with Crippen LogP contribution in [0.1, 0.15) is 15.9 Å². The molecule has 180 valence electrons. The molecule has 3 heterocycles. The van der Waals surface area contributed by atoms with Crippen molar-refractivity contribution in [3.05, 3.63) is 66.0 Å². The SMILES string of the molecule is CO.Cc1ccc(N2CCOc3c(C(=O)Nc4ccc(OCC(F)(F)F)nc4)cccc32)nc1. The second-order valence-corrected chi connectivity index (χ2v) is 7.09. The first-order chi connectivity index (χ1) is 16.3. The van der Waals surface area contributed by atoms with Gasteiger partial charge in [-0.3, -0.25) is 4.79 Å². The molecule has 11 heteroatoms. The Kier molecular flexibility index (Phi) is 7.90. The molecule has 0 aliphatic carbocycles. The van der Waals surface area contributed by atoms with Crippen molar-refractivity contribution >= 4 is 23.1 Å². The van der Waals surface area contributed by atoms with Crippen molar-refractivity contribution in [2.24, 2.45) is 0 Å². The van der Waals surface area contributed by atoms with E-state index >= 15 is 0 Å². The highest BCUT2D eigenvalue weighted by molar-refractivity contribution is 6.07. The van der Waals surface area contributed by atoms with Crippen molar-refractivity contribution in [1.82, 2.24) is 9.97 Å². The first-order valence-electron chi connectivity index (χ1n) is 10.2. The maximum atomic E-state index is 12.9. The van der Waals surface area contributed by atoms with Gasteiger partial charge < -0.3 is 24.8 Å². The lowest BCUT2D eigenvalue weighted by atomic mass is 10.1. The molecule has 0 saturated heterocycles. The summed E-state index contributed by atoms with van der Waals surface area (Å²) in [4.78, 5) is 23.1. The Bertz CT molecular complexity index is 1110. The van der Waals surface area contributed by atoms with Gasteiger partial charge in [0.2, 0.25) is 5.88 Å². The van der Waals surface area contributed by atoms with Crippen LogP contribution < -0.4 is 19.7 Å². The molecule has 1 aliphatic rings. The average Bonchev–Trinajstić information content (AvgIpc) is 2.84. The van der Waals surface area contributed by atoms with Crippen LogP contribution in [0.2, 0.25) is 0 Å². The number of aromatic nitrogens is 2. The Morgan fingerprint density at radius 1 is 1.15 bits per heavy atom. The van der Waals surface area contributed by atoms with Crippen molar-refractivity contribution in [2.45, 2.75) is 13.1 Å². The van der Waals surface area contributed by atoms with E-state index < -0.39 is 18.7 Å². The van der Waals surface area contributed by atoms with E-state index in [-0.39, 0.29) is 5.88 Å². The molecule has 0 bridgehead atoms. The highest BCUT2D eigenvalue weighted by atomic mass is 19.4. The maximum absolute atomic E-state index is 12.9. The molecule has 0 radical (unpaired) electrons. The van der Waals surface area contributed by atoms with Crippen molar-refractivity contribution in [2.75, 3.05) is 37.1 Å². The summed E-state index contributed by atoms with van der Waals surface area (Å²) in [5, 5.41) is 9.68. The third-order valence-corrected chi connectivity index (χ3v) is 4.64. The zero-order chi connectivity index (χ0) is 24.7. The summed E-state index contributed by atoms with van der Waals surface area (Å²) in [5.41, 5.74) is 2.38. The van der Waals surface area contributed by atoms with Crippen LogP contribution in [0.15, 0.2) is 54.9 Å².